The molecule has 1 aromatic heterocycles. The molecule has 0 aliphatic rings. The van der Waals surface area contributed by atoms with Gasteiger partial charge in [-0.2, -0.15) is 0 Å². The monoisotopic (exact) mass is 343 g/mol. The van der Waals surface area contributed by atoms with Gasteiger partial charge in [0.15, 0.2) is 0 Å². The molecule has 5 nitrogen and oxygen atoms in total. The Kier molecular flexibility index (Phi) is 5.55. The largest absolute Gasteiger partial charge is 0.391 e. The second kappa shape index (κ2) is 6.26. The summed E-state index contributed by atoms with van der Waals surface area (Å²) in [6.07, 6.45) is -0.195. The molecular weight excluding hydrogens is 330 g/mol. The number of sulfonamides is 1. The highest BCUT2D eigenvalue weighted by atomic mass is 79.9. The van der Waals surface area contributed by atoms with Gasteiger partial charge >= 0.3 is 0 Å². The summed E-state index contributed by atoms with van der Waals surface area (Å²) in [5.74, 6) is 0. The van der Waals surface area contributed by atoms with Crippen molar-refractivity contribution >= 4 is 37.3 Å². The first-order chi connectivity index (χ1) is 7.90. The van der Waals surface area contributed by atoms with E-state index in [-0.39, 0.29) is 24.2 Å². The molecule has 1 rings (SSSR count). The first-order valence-corrected chi connectivity index (χ1v) is 7.91. The molecule has 0 saturated heterocycles. The molecule has 98 valence electrons. The molecule has 1 heterocycles. The summed E-state index contributed by atoms with van der Waals surface area (Å²) in [6, 6.07) is 1.45. The van der Waals surface area contributed by atoms with Gasteiger partial charge in [0.25, 0.3) is 0 Å². The molecule has 0 spiro atoms. The van der Waals surface area contributed by atoms with E-state index < -0.39 is 10.0 Å². The van der Waals surface area contributed by atoms with E-state index in [4.69, 9.17) is 9.84 Å². The van der Waals surface area contributed by atoms with Crippen molar-refractivity contribution in [3.8, 4) is 0 Å². The molecule has 0 bridgehead atoms. The lowest BCUT2D eigenvalue weighted by molar-refractivity contribution is 0.122. The number of methoxy groups -OCH3 is 1. The van der Waals surface area contributed by atoms with E-state index >= 15 is 0 Å². The third-order valence-corrected chi connectivity index (χ3v) is 5.78. The molecule has 8 heteroatoms. The van der Waals surface area contributed by atoms with Gasteiger partial charge in [0.2, 0.25) is 10.0 Å². The Hall–Kier alpha value is 0.01000. The predicted molar refractivity (Wildman–Crippen MR) is 69.6 cm³/mol. The van der Waals surface area contributed by atoms with Crippen molar-refractivity contribution in [1.82, 2.24) is 4.72 Å². The van der Waals surface area contributed by atoms with Crippen molar-refractivity contribution in [1.29, 1.82) is 0 Å². The molecule has 0 amide bonds. The SMILES string of the molecule is COC(C)CNS(=O)(=O)c1cc(CO)sc1Br. The molecule has 0 saturated carbocycles. The third-order valence-electron chi connectivity index (χ3n) is 2.12. The molecule has 0 fully saturated rings. The summed E-state index contributed by atoms with van der Waals surface area (Å²) in [4.78, 5) is 0.742. The number of aliphatic hydroxyl groups excluding tert-OH is 1. The number of hydrogen-bond acceptors (Lipinski definition) is 5. The van der Waals surface area contributed by atoms with Gasteiger partial charge in [-0.25, -0.2) is 13.1 Å². The topological polar surface area (TPSA) is 75.6 Å². The lowest BCUT2D eigenvalue weighted by Gasteiger charge is -2.10. The molecule has 2 N–H and O–H groups in total. The molecule has 17 heavy (non-hydrogen) atoms. The molecule has 0 aromatic carbocycles. The minimum atomic E-state index is -3.56. The predicted octanol–water partition coefficient (Wildman–Crippen LogP) is 1.32. The van der Waals surface area contributed by atoms with Crippen LogP contribution in [0.2, 0.25) is 0 Å². The van der Waals surface area contributed by atoms with Gasteiger partial charge in [-0.05, 0) is 28.9 Å². The Labute approximate surface area is 113 Å². The zero-order valence-corrected chi connectivity index (χ0v) is 12.7. The van der Waals surface area contributed by atoms with Crippen LogP contribution in [0.3, 0.4) is 0 Å². The zero-order chi connectivity index (χ0) is 13.1. The fourth-order valence-electron chi connectivity index (χ4n) is 1.05. The third kappa shape index (κ3) is 4.01. The standard InChI is InChI=1S/C9H14BrNO4S2/c1-6(15-2)4-11-17(13,14)8-3-7(5-12)16-9(8)10/h3,6,11-12H,4-5H2,1-2H3. The smallest absolute Gasteiger partial charge is 0.242 e. The maximum absolute atomic E-state index is 11.9. The highest BCUT2D eigenvalue weighted by Crippen LogP contribution is 2.31. The first kappa shape index (κ1) is 15.1. The second-order valence-electron chi connectivity index (χ2n) is 3.41. The highest BCUT2D eigenvalue weighted by Gasteiger charge is 2.21. The highest BCUT2D eigenvalue weighted by molar-refractivity contribution is 9.11. The number of ether oxygens (including phenoxy) is 1. The van der Waals surface area contributed by atoms with Crippen LogP contribution >= 0.6 is 27.3 Å². The van der Waals surface area contributed by atoms with Crippen LogP contribution in [0.5, 0.6) is 0 Å². The van der Waals surface area contributed by atoms with Crippen molar-refractivity contribution < 1.29 is 18.3 Å². The van der Waals surface area contributed by atoms with E-state index in [1.54, 1.807) is 6.92 Å². The minimum absolute atomic E-state index is 0.148. The van der Waals surface area contributed by atoms with Crippen molar-refractivity contribution in [3.05, 3.63) is 14.7 Å². The first-order valence-electron chi connectivity index (χ1n) is 4.82. The molecule has 1 unspecified atom stereocenters. The van der Waals surface area contributed by atoms with Gasteiger partial charge in [-0.1, -0.05) is 0 Å². The Balaban J connectivity index is 2.85. The van der Waals surface area contributed by atoms with Crippen LogP contribution in [0.25, 0.3) is 0 Å². The summed E-state index contributed by atoms with van der Waals surface area (Å²) in [7, 11) is -2.05. The zero-order valence-electron chi connectivity index (χ0n) is 9.44. The fraction of sp³-hybridized carbons (Fsp3) is 0.556. The van der Waals surface area contributed by atoms with Crippen LogP contribution in [0.4, 0.5) is 0 Å². The molecule has 0 aliphatic heterocycles. The number of thiophene rings is 1. The number of halogens is 1. The van der Waals surface area contributed by atoms with Gasteiger partial charge in [-0.15, -0.1) is 11.3 Å². The van der Waals surface area contributed by atoms with E-state index in [9.17, 15) is 8.42 Å². The quantitative estimate of drug-likeness (QED) is 0.816. The average Bonchev–Trinajstić information content (AvgIpc) is 2.68. The summed E-state index contributed by atoms with van der Waals surface area (Å²) in [5, 5.41) is 8.95. The van der Waals surface area contributed by atoms with E-state index in [1.165, 1.54) is 24.5 Å². The summed E-state index contributed by atoms with van der Waals surface area (Å²) < 4.78 is 31.8. The van der Waals surface area contributed by atoms with Crippen molar-refractivity contribution in [2.24, 2.45) is 0 Å². The van der Waals surface area contributed by atoms with Gasteiger partial charge in [0, 0.05) is 18.5 Å². The molecule has 1 atom stereocenters. The lowest BCUT2D eigenvalue weighted by atomic mass is 10.4. The Morgan fingerprint density at radius 1 is 1.65 bits per heavy atom. The summed E-state index contributed by atoms with van der Waals surface area (Å²) in [6.45, 7) is 1.80. The van der Waals surface area contributed by atoms with Crippen LogP contribution in [0.15, 0.2) is 14.7 Å². The van der Waals surface area contributed by atoms with E-state index in [1.807, 2.05) is 0 Å². The second-order valence-corrected chi connectivity index (χ2v) is 7.60. The van der Waals surface area contributed by atoms with Gasteiger partial charge in [0.05, 0.1) is 16.5 Å². The number of hydrogen-bond donors (Lipinski definition) is 2. The average molecular weight is 344 g/mol. The van der Waals surface area contributed by atoms with Crippen molar-refractivity contribution in [2.45, 2.75) is 24.5 Å². The maximum Gasteiger partial charge on any atom is 0.242 e. The van der Waals surface area contributed by atoms with Crippen molar-refractivity contribution in [3.63, 3.8) is 0 Å². The lowest BCUT2D eigenvalue weighted by Crippen LogP contribution is -2.31. The fourth-order valence-corrected chi connectivity index (χ4v) is 4.70. The normalized spacial score (nSPS) is 13.9. The van der Waals surface area contributed by atoms with Crippen LogP contribution in [-0.2, 0) is 21.4 Å². The Bertz CT molecular complexity index is 471. The molecular formula is C9H14BrNO4S2. The van der Waals surface area contributed by atoms with Crippen LogP contribution in [0, 0.1) is 0 Å². The van der Waals surface area contributed by atoms with Gasteiger partial charge < -0.3 is 9.84 Å². The van der Waals surface area contributed by atoms with Gasteiger partial charge in [-0.3, -0.25) is 0 Å². The Morgan fingerprint density at radius 3 is 2.76 bits per heavy atom. The number of nitrogens with one attached hydrogen (secondary N) is 1. The molecule has 0 aliphatic carbocycles. The number of aliphatic hydroxyl groups is 1. The maximum atomic E-state index is 11.9. The van der Waals surface area contributed by atoms with Crippen LogP contribution < -0.4 is 4.72 Å². The molecule has 0 radical (unpaired) electrons. The van der Waals surface area contributed by atoms with Crippen LogP contribution in [-0.4, -0.2) is 33.3 Å². The summed E-state index contributed by atoms with van der Waals surface area (Å²) in [5.41, 5.74) is 0. The number of rotatable bonds is 6. The van der Waals surface area contributed by atoms with Gasteiger partial charge in [0.1, 0.15) is 4.90 Å². The van der Waals surface area contributed by atoms with Crippen LogP contribution in [0.1, 0.15) is 11.8 Å². The van der Waals surface area contributed by atoms with E-state index in [0.717, 1.165) is 0 Å². The van der Waals surface area contributed by atoms with Crippen molar-refractivity contribution in [2.75, 3.05) is 13.7 Å². The summed E-state index contributed by atoms with van der Waals surface area (Å²) >= 11 is 4.37. The minimum Gasteiger partial charge on any atom is -0.391 e. The molecule has 1 aromatic rings. The Morgan fingerprint density at radius 2 is 2.29 bits per heavy atom. The van der Waals surface area contributed by atoms with E-state index in [2.05, 4.69) is 20.7 Å². The van der Waals surface area contributed by atoms with E-state index in [0.29, 0.717) is 8.66 Å².